The minimum atomic E-state index is -4.54. The van der Waals surface area contributed by atoms with Gasteiger partial charge >= 0.3 is 6.18 Å². The molecule has 5 nitrogen and oxygen atoms in total. The second kappa shape index (κ2) is 8.06. The molecule has 0 unspecified atom stereocenters. The van der Waals surface area contributed by atoms with Crippen LogP contribution in [0.25, 0.3) is 0 Å². The lowest BCUT2D eigenvalue weighted by Crippen LogP contribution is -2.35. The molecular weight excluding hydrogens is 395 g/mol. The Hall–Kier alpha value is -3.55. The van der Waals surface area contributed by atoms with Gasteiger partial charge in [0.15, 0.2) is 5.75 Å². The van der Waals surface area contributed by atoms with E-state index in [0.29, 0.717) is 12.0 Å². The van der Waals surface area contributed by atoms with E-state index in [0.717, 1.165) is 41.4 Å². The molecule has 0 fully saturated rings. The van der Waals surface area contributed by atoms with E-state index in [1.165, 1.54) is 36.7 Å². The van der Waals surface area contributed by atoms with Gasteiger partial charge in [-0.2, -0.15) is 13.2 Å². The summed E-state index contributed by atoms with van der Waals surface area (Å²) in [6.07, 6.45) is -0.0594. The van der Waals surface area contributed by atoms with E-state index in [9.17, 15) is 18.0 Å². The molecule has 8 heteroatoms. The maximum Gasteiger partial charge on any atom is 0.416 e. The number of anilines is 2. The van der Waals surface area contributed by atoms with Crippen LogP contribution in [0.2, 0.25) is 0 Å². The first-order chi connectivity index (χ1) is 14.4. The van der Waals surface area contributed by atoms with Gasteiger partial charge in [0.25, 0.3) is 5.91 Å². The average molecular weight is 413 g/mol. The highest BCUT2D eigenvalue weighted by molar-refractivity contribution is 6.07. The third kappa shape index (κ3) is 4.07. The lowest BCUT2D eigenvalue weighted by molar-refractivity contribution is -0.137. The lowest BCUT2D eigenvalue weighted by atomic mass is 9.97. The van der Waals surface area contributed by atoms with Gasteiger partial charge in [-0.1, -0.05) is 12.1 Å². The quantitative estimate of drug-likeness (QED) is 0.605. The molecular formula is C22H18F3N3O2. The Labute approximate surface area is 171 Å². The van der Waals surface area contributed by atoms with Gasteiger partial charge in [0.1, 0.15) is 0 Å². The summed E-state index contributed by atoms with van der Waals surface area (Å²) in [5, 5.41) is 4.14. The lowest BCUT2D eigenvalue weighted by Gasteiger charge is -2.26. The van der Waals surface area contributed by atoms with Gasteiger partial charge in [0.05, 0.1) is 11.3 Å². The first-order valence-electron chi connectivity index (χ1n) is 9.39. The number of hydrogen-bond donors (Lipinski definition) is 1. The number of pyridine rings is 1. The molecule has 0 saturated carbocycles. The maximum atomic E-state index is 13.5. The number of carbonyl (C=O) groups is 1. The Morgan fingerprint density at radius 2 is 1.83 bits per heavy atom. The zero-order valence-corrected chi connectivity index (χ0v) is 15.8. The Kier molecular flexibility index (Phi) is 5.31. The van der Waals surface area contributed by atoms with Crippen LogP contribution in [0.4, 0.5) is 24.5 Å². The fraction of sp³-hybridized carbons (Fsp3) is 0.182. The van der Waals surface area contributed by atoms with E-state index in [1.54, 1.807) is 12.1 Å². The molecule has 3 aromatic rings. The highest BCUT2D eigenvalue weighted by atomic mass is 19.4. The van der Waals surface area contributed by atoms with Crippen LogP contribution < -0.4 is 15.2 Å². The molecule has 1 aliphatic rings. The van der Waals surface area contributed by atoms with Crippen LogP contribution in [0.1, 0.15) is 27.9 Å². The van der Waals surface area contributed by atoms with Crippen molar-refractivity contribution in [3.05, 3.63) is 83.7 Å². The van der Waals surface area contributed by atoms with Gasteiger partial charge in [-0.05, 0) is 48.7 Å². The van der Waals surface area contributed by atoms with Gasteiger partial charge in [-0.3, -0.25) is 9.78 Å². The molecule has 1 amide bonds. The van der Waals surface area contributed by atoms with Gasteiger partial charge in [0.2, 0.25) is 0 Å². The summed E-state index contributed by atoms with van der Waals surface area (Å²) >= 11 is 0. The average Bonchev–Trinajstić information content (AvgIpc) is 2.77. The number of carbonyl (C=O) groups excluding carboxylic acids is 1. The maximum absolute atomic E-state index is 13.5. The van der Waals surface area contributed by atoms with Crippen LogP contribution in [0.3, 0.4) is 0 Å². The van der Waals surface area contributed by atoms with Crippen LogP contribution in [0.15, 0.2) is 67.0 Å². The molecule has 0 radical (unpaired) electrons. The molecule has 1 N–H and O–H groups in total. The number of amides is 1. The van der Waals surface area contributed by atoms with Crippen molar-refractivity contribution >= 4 is 17.3 Å². The Morgan fingerprint density at radius 1 is 1.07 bits per heavy atom. The Balaban J connectivity index is 1.78. The number of alkyl halides is 3. The second-order valence-electron chi connectivity index (χ2n) is 6.78. The third-order valence-electron chi connectivity index (χ3n) is 4.76. The minimum Gasteiger partial charge on any atom is -0.385 e. The SMILES string of the molecule is O=C(c1cccc2c1CCCN2)N(Oc1ccncc1)c1cccc(C(F)(F)F)c1. The van der Waals surface area contributed by atoms with Crippen LogP contribution in [-0.4, -0.2) is 17.4 Å². The van der Waals surface area contributed by atoms with Crippen molar-refractivity contribution in [3.8, 4) is 5.75 Å². The summed E-state index contributed by atoms with van der Waals surface area (Å²) in [4.78, 5) is 23.1. The topological polar surface area (TPSA) is 54.5 Å². The van der Waals surface area contributed by atoms with Crippen molar-refractivity contribution < 1.29 is 22.8 Å². The van der Waals surface area contributed by atoms with Crippen LogP contribution in [0, 0.1) is 0 Å². The van der Waals surface area contributed by atoms with Gasteiger partial charge in [0, 0.05) is 42.3 Å². The molecule has 1 aliphatic heterocycles. The fourth-order valence-electron chi connectivity index (χ4n) is 3.34. The molecule has 2 aromatic carbocycles. The van der Waals surface area contributed by atoms with Crippen LogP contribution in [0.5, 0.6) is 5.75 Å². The molecule has 0 aliphatic carbocycles. The van der Waals surface area contributed by atoms with Crippen molar-refractivity contribution in [1.29, 1.82) is 0 Å². The Bertz CT molecular complexity index is 1050. The molecule has 1 aromatic heterocycles. The highest BCUT2D eigenvalue weighted by Gasteiger charge is 2.32. The Morgan fingerprint density at radius 3 is 2.60 bits per heavy atom. The van der Waals surface area contributed by atoms with E-state index < -0.39 is 17.6 Å². The zero-order valence-electron chi connectivity index (χ0n) is 15.8. The van der Waals surface area contributed by atoms with E-state index in [4.69, 9.17) is 4.84 Å². The number of aromatic nitrogens is 1. The molecule has 2 heterocycles. The van der Waals surface area contributed by atoms with Crippen molar-refractivity contribution in [1.82, 2.24) is 4.98 Å². The molecule has 4 rings (SSSR count). The van der Waals surface area contributed by atoms with Gasteiger partial charge in [-0.25, -0.2) is 0 Å². The molecule has 0 atom stereocenters. The van der Waals surface area contributed by atoms with E-state index in [-0.39, 0.29) is 11.4 Å². The van der Waals surface area contributed by atoms with Crippen LogP contribution in [-0.2, 0) is 12.6 Å². The first-order valence-corrected chi connectivity index (χ1v) is 9.39. The minimum absolute atomic E-state index is 0.0204. The van der Waals surface area contributed by atoms with Crippen molar-refractivity contribution in [3.63, 3.8) is 0 Å². The third-order valence-corrected chi connectivity index (χ3v) is 4.76. The van der Waals surface area contributed by atoms with Crippen LogP contribution >= 0.6 is 0 Å². The number of halogens is 3. The molecule has 0 saturated heterocycles. The number of rotatable bonds is 4. The first kappa shape index (κ1) is 19.8. The predicted octanol–water partition coefficient (Wildman–Crippen LogP) is 5.10. The molecule has 30 heavy (non-hydrogen) atoms. The molecule has 0 bridgehead atoms. The second-order valence-corrected chi connectivity index (χ2v) is 6.78. The van der Waals surface area contributed by atoms with Crippen molar-refractivity contribution in [2.45, 2.75) is 19.0 Å². The number of benzene rings is 2. The highest BCUT2D eigenvalue weighted by Crippen LogP contribution is 2.33. The van der Waals surface area contributed by atoms with Gasteiger partial charge in [-0.15, -0.1) is 5.06 Å². The summed E-state index contributed by atoms with van der Waals surface area (Å²) in [6.45, 7) is 0.801. The largest absolute Gasteiger partial charge is 0.416 e. The normalized spacial score (nSPS) is 13.2. The number of nitrogens with zero attached hydrogens (tertiary/aromatic N) is 2. The predicted molar refractivity (Wildman–Crippen MR) is 106 cm³/mol. The number of hydroxylamine groups is 1. The van der Waals surface area contributed by atoms with E-state index in [2.05, 4.69) is 10.3 Å². The number of hydrogen-bond acceptors (Lipinski definition) is 4. The van der Waals surface area contributed by atoms with E-state index in [1.807, 2.05) is 6.07 Å². The monoisotopic (exact) mass is 413 g/mol. The fourth-order valence-corrected chi connectivity index (χ4v) is 3.34. The summed E-state index contributed by atoms with van der Waals surface area (Å²) in [7, 11) is 0. The summed E-state index contributed by atoms with van der Waals surface area (Å²) < 4.78 is 39.7. The number of fused-ring (bicyclic) bond motifs is 1. The molecule has 0 spiro atoms. The summed E-state index contributed by atoms with van der Waals surface area (Å²) in [6, 6.07) is 12.8. The smallest absolute Gasteiger partial charge is 0.385 e. The summed E-state index contributed by atoms with van der Waals surface area (Å²) in [5.41, 5.74) is 1.16. The van der Waals surface area contributed by atoms with Crippen molar-refractivity contribution in [2.24, 2.45) is 0 Å². The number of nitrogens with one attached hydrogen (secondary N) is 1. The molecule has 154 valence electrons. The van der Waals surface area contributed by atoms with E-state index >= 15 is 0 Å². The standard InChI is InChI=1S/C22H18F3N3O2/c23-22(24,25)15-4-1-5-16(14-15)28(30-17-9-12-26-13-10-17)21(29)19-6-2-8-20-18(19)7-3-11-27-20/h1-2,4-6,8-10,12-14,27H,3,7,11H2. The van der Waals surface area contributed by atoms with Crippen molar-refractivity contribution in [2.75, 3.05) is 16.9 Å². The summed E-state index contributed by atoms with van der Waals surface area (Å²) in [5.74, 6) is -0.273. The van der Waals surface area contributed by atoms with Gasteiger partial charge < -0.3 is 10.2 Å². The zero-order chi connectivity index (χ0) is 21.1.